The molecule has 0 radical (unpaired) electrons. The number of likely N-dealkylation sites (tertiary alicyclic amines) is 1. The number of halogens is 1. The minimum Gasteiger partial charge on any atom is -0.508 e. The normalized spacial score (nSPS) is 20.2. The van der Waals surface area contributed by atoms with Crippen LogP contribution in [0.2, 0.25) is 0 Å². The summed E-state index contributed by atoms with van der Waals surface area (Å²) in [6.45, 7) is 3.77. The Hall–Kier alpha value is -1.62. The maximum atomic E-state index is 13.1. The molecule has 1 amide bonds. The summed E-state index contributed by atoms with van der Waals surface area (Å²) in [4.78, 5) is 14.3. The largest absolute Gasteiger partial charge is 0.508 e. The zero-order chi connectivity index (χ0) is 13.8. The minimum absolute atomic E-state index is 0.133. The summed E-state index contributed by atoms with van der Waals surface area (Å²) in [6.07, 6.45) is 2.96. The lowest BCUT2D eigenvalue weighted by Crippen LogP contribution is -2.46. The molecule has 0 bridgehead atoms. The maximum Gasteiger partial charge on any atom is 0.241 e. The van der Waals surface area contributed by atoms with Gasteiger partial charge in [-0.25, -0.2) is 4.39 Å². The Labute approximate surface area is 112 Å². The molecule has 1 aliphatic heterocycles. The zero-order valence-corrected chi connectivity index (χ0v) is 11.0. The van der Waals surface area contributed by atoms with E-state index >= 15 is 0 Å². The number of carbonyl (C=O) groups excluding carboxylic acids is 1. The molecule has 0 spiro atoms. The number of rotatable bonds is 3. The van der Waals surface area contributed by atoms with Crippen LogP contribution in [0.1, 0.15) is 26.2 Å². The van der Waals surface area contributed by atoms with E-state index in [-0.39, 0.29) is 17.7 Å². The molecule has 1 heterocycles. The molecule has 0 saturated carbocycles. The third-order valence-electron chi connectivity index (χ3n) is 3.47. The van der Waals surface area contributed by atoms with Crippen LogP contribution in [0.25, 0.3) is 0 Å². The lowest BCUT2D eigenvalue weighted by molar-refractivity contribution is -0.122. The average molecular weight is 266 g/mol. The van der Waals surface area contributed by atoms with Gasteiger partial charge in [-0.05, 0) is 32.0 Å². The monoisotopic (exact) mass is 266 g/mol. The fourth-order valence-corrected chi connectivity index (χ4v) is 2.54. The number of carbonyl (C=O) groups is 1. The molecule has 5 heteroatoms. The van der Waals surface area contributed by atoms with Crippen molar-refractivity contribution >= 4 is 11.6 Å². The summed E-state index contributed by atoms with van der Waals surface area (Å²) in [5.74, 6) is -0.885. The number of hydrogen-bond acceptors (Lipinski definition) is 3. The van der Waals surface area contributed by atoms with Crippen LogP contribution >= 0.6 is 0 Å². The van der Waals surface area contributed by atoms with Crippen molar-refractivity contribution in [3.63, 3.8) is 0 Å². The van der Waals surface area contributed by atoms with Gasteiger partial charge in [-0.1, -0.05) is 13.3 Å². The number of likely N-dealkylation sites (N-methyl/N-ethyl adjacent to an activating group) is 1. The minimum atomic E-state index is -0.564. The highest BCUT2D eigenvalue weighted by atomic mass is 19.1. The van der Waals surface area contributed by atoms with Gasteiger partial charge in [0.2, 0.25) is 5.91 Å². The van der Waals surface area contributed by atoms with Gasteiger partial charge in [0, 0.05) is 17.8 Å². The van der Waals surface area contributed by atoms with Gasteiger partial charge in [0.05, 0.1) is 6.04 Å². The number of amides is 1. The highest BCUT2D eigenvalue weighted by Gasteiger charge is 2.27. The summed E-state index contributed by atoms with van der Waals surface area (Å²) in [5, 5.41) is 12.0. The van der Waals surface area contributed by atoms with Crippen molar-refractivity contribution in [2.45, 2.75) is 32.2 Å². The third kappa shape index (κ3) is 3.44. The molecule has 0 aliphatic carbocycles. The molecule has 1 saturated heterocycles. The smallest absolute Gasteiger partial charge is 0.241 e. The van der Waals surface area contributed by atoms with Crippen LogP contribution in [0.3, 0.4) is 0 Å². The summed E-state index contributed by atoms with van der Waals surface area (Å²) >= 11 is 0. The van der Waals surface area contributed by atoms with Crippen LogP contribution in [0.5, 0.6) is 5.75 Å². The molecular formula is C14H19FN2O2. The molecule has 1 aromatic rings. The Kier molecular flexibility index (Phi) is 4.37. The molecule has 1 unspecified atom stereocenters. The zero-order valence-electron chi connectivity index (χ0n) is 11.0. The standard InChI is InChI=1S/C14H19FN2O2/c1-2-17-6-4-3-5-13(17)14(19)16-11-7-10(15)8-12(18)9-11/h7-9,13,18H,2-6H2,1H3,(H,16,19). The molecule has 19 heavy (non-hydrogen) atoms. The lowest BCUT2D eigenvalue weighted by atomic mass is 10.0. The number of aromatic hydroxyl groups is 1. The van der Waals surface area contributed by atoms with E-state index in [1.54, 1.807) is 0 Å². The third-order valence-corrected chi connectivity index (χ3v) is 3.47. The first-order chi connectivity index (χ1) is 9.10. The number of anilines is 1. The summed E-state index contributed by atoms with van der Waals surface area (Å²) in [5.41, 5.74) is 0.295. The Balaban J connectivity index is 2.07. The van der Waals surface area contributed by atoms with E-state index in [0.717, 1.165) is 38.4 Å². The van der Waals surface area contributed by atoms with E-state index < -0.39 is 5.82 Å². The number of nitrogens with one attached hydrogen (secondary N) is 1. The van der Waals surface area contributed by atoms with E-state index in [2.05, 4.69) is 10.2 Å². The van der Waals surface area contributed by atoms with Crippen LogP contribution in [0.15, 0.2) is 18.2 Å². The summed E-state index contributed by atoms with van der Waals surface area (Å²) in [6, 6.07) is 3.40. The van der Waals surface area contributed by atoms with Crippen LogP contribution < -0.4 is 5.32 Å². The van der Waals surface area contributed by atoms with Crippen molar-refractivity contribution in [1.82, 2.24) is 4.90 Å². The van der Waals surface area contributed by atoms with Crippen LogP contribution in [0.4, 0.5) is 10.1 Å². The molecule has 104 valence electrons. The number of phenolic OH excluding ortho intramolecular Hbond substituents is 1. The number of benzene rings is 1. The predicted octanol–water partition coefficient (Wildman–Crippen LogP) is 2.34. The van der Waals surface area contributed by atoms with E-state index in [1.807, 2.05) is 6.92 Å². The first-order valence-corrected chi connectivity index (χ1v) is 6.64. The number of piperidine rings is 1. The van der Waals surface area contributed by atoms with Gasteiger partial charge in [0.25, 0.3) is 0 Å². The highest BCUT2D eigenvalue weighted by Crippen LogP contribution is 2.21. The SMILES string of the molecule is CCN1CCCCC1C(=O)Nc1cc(O)cc(F)c1. The fourth-order valence-electron chi connectivity index (χ4n) is 2.54. The predicted molar refractivity (Wildman–Crippen MR) is 71.6 cm³/mol. The quantitative estimate of drug-likeness (QED) is 0.883. The molecule has 1 aliphatic rings. The molecular weight excluding hydrogens is 247 g/mol. The van der Waals surface area contributed by atoms with Crippen molar-refractivity contribution in [2.24, 2.45) is 0 Å². The first-order valence-electron chi connectivity index (χ1n) is 6.64. The van der Waals surface area contributed by atoms with Gasteiger partial charge in [0.15, 0.2) is 0 Å². The molecule has 2 N–H and O–H groups in total. The van der Waals surface area contributed by atoms with Gasteiger partial charge in [-0.3, -0.25) is 9.69 Å². The van der Waals surface area contributed by atoms with Gasteiger partial charge in [0.1, 0.15) is 11.6 Å². The molecule has 1 fully saturated rings. The average Bonchev–Trinajstić information content (AvgIpc) is 2.37. The highest BCUT2D eigenvalue weighted by molar-refractivity contribution is 5.95. The Morgan fingerprint density at radius 3 is 2.95 bits per heavy atom. The summed E-state index contributed by atoms with van der Waals surface area (Å²) < 4.78 is 13.1. The first kappa shape index (κ1) is 13.8. The second kappa shape index (κ2) is 6.02. The fraction of sp³-hybridized carbons (Fsp3) is 0.500. The van der Waals surface area contributed by atoms with Crippen molar-refractivity contribution in [3.8, 4) is 5.75 Å². The van der Waals surface area contributed by atoms with Crippen LogP contribution in [-0.4, -0.2) is 35.0 Å². The second-order valence-corrected chi connectivity index (χ2v) is 4.83. The Morgan fingerprint density at radius 2 is 2.26 bits per heavy atom. The molecule has 1 atom stereocenters. The molecule has 0 aromatic heterocycles. The van der Waals surface area contributed by atoms with Gasteiger partial charge < -0.3 is 10.4 Å². The van der Waals surface area contributed by atoms with Gasteiger partial charge >= 0.3 is 0 Å². The van der Waals surface area contributed by atoms with Gasteiger partial charge in [-0.15, -0.1) is 0 Å². The van der Waals surface area contributed by atoms with Crippen molar-refractivity contribution in [1.29, 1.82) is 0 Å². The molecule has 4 nitrogen and oxygen atoms in total. The Morgan fingerprint density at radius 1 is 1.47 bits per heavy atom. The van der Waals surface area contributed by atoms with Crippen molar-refractivity contribution < 1.29 is 14.3 Å². The second-order valence-electron chi connectivity index (χ2n) is 4.83. The number of phenols is 1. The number of nitrogens with zero attached hydrogens (tertiary/aromatic N) is 1. The molecule has 1 aromatic carbocycles. The van der Waals surface area contributed by atoms with E-state index in [1.165, 1.54) is 12.1 Å². The van der Waals surface area contributed by atoms with Crippen LogP contribution in [-0.2, 0) is 4.79 Å². The van der Waals surface area contributed by atoms with E-state index in [4.69, 9.17) is 0 Å². The lowest BCUT2D eigenvalue weighted by Gasteiger charge is -2.33. The van der Waals surface area contributed by atoms with E-state index in [9.17, 15) is 14.3 Å². The summed E-state index contributed by atoms with van der Waals surface area (Å²) in [7, 11) is 0. The topological polar surface area (TPSA) is 52.6 Å². The van der Waals surface area contributed by atoms with Gasteiger partial charge in [-0.2, -0.15) is 0 Å². The van der Waals surface area contributed by atoms with E-state index in [0.29, 0.717) is 5.69 Å². The number of hydrogen-bond donors (Lipinski definition) is 2. The maximum absolute atomic E-state index is 13.1. The van der Waals surface area contributed by atoms with Crippen molar-refractivity contribution in [2.75, 3.05) is 18.4 Å². The van der Waals surface area contributed by atoms with Crippen LogP contribution in [0, 0.1) is 5.82 Å². The molecule has 2 rings (SSSR count). The van der Waals surface area contributed by atoms with Crippen molar-refractivity contribution in [3.05, 3.63) is 24.0 Å². The Bertz CT molecular complexity index is 445.